The fourth-order valence-corrected chi connectivity index (χ4v) is 5.31. The lowest BCUT2D eigenvalue weighted by Crippen LogP contribution is -2.51. The maximum absolute atomic E-state index is 13.1. The number of methoxy groups -OCH3 is 1. The second-order valence-electron chi connectivity index (χ2n) is 9.92. The van der Waals surface area contributed by atoms with E-state index < -0.39 is 53.5 Å². The number of Topliss-reactive ketones (excluding diaryl/α,β-unsaturated/α-hetero) is 1. The maximum atomic E-state index is 13.1. The molecule has 1 aliphatic heterocycles. The van der Waals surface area contributed by atoms with Gasteiger partial charge in [-0.15, -0.1) is 0 Å². The lowest BCUT2D eigenvalue weighted by Gasteiger charge is -2.34. The number of carbonyl (C=O) groups excluding carboxylic acids is 3. The first-order valence-corrected chi connectivity index (χ1v) is 13.4. The van der Waals surface area contributed by atoms with Crippen LogP contribution in [0.3, 0.4) is 0 Å². The third-order valence-electron chi connectivity index (χ3n) is 7.52. The minimum Gasteiger partial charge on any atom is -0.507 e. The van der Waals surface area contributed by atoms with Crippen LogP contribution in [-0.4, -0.2) is 91.8 Å². The molecule has 4 unspecified atom stereocenters. The highest BCUT2D eigenvalue weighted by Crippen LogP contribution is 2.48. The van der Waals surface area contributed by atoms with Crippen LogP contribution in [0.15, 0.2) is 18.2 Å². The molecule has 2 aromatic rings. The summed E-state index contributed by atoms with van der Waals surface area (Å²) in [5, 5.41) is 59.5. The molecule has 0 spiro atoms. The average molecular weight is 576 g/mol. The van der Waals surface area contributed by atoms with Crippen molar-refractivity contribution < 1.29 is 54.5 Å². The lowest BCUT2D eigenvalue weighted by molar-refractivity contribution is -0.198. The van der Waals surface area contributed by atoms with Crippen molar-refractivity contribution >= 4 is 17.3 Å². The van der Waals surface area contributed by atoms with Crippen LogP contribution in [0, 0.1) is 0 Å². The van der Waals surface area contributed by atoms with E-state index in [9.17, 15) is 34.8 Å². The van der Waals surface area contributed by atoms with Gasteiger partial charge in [-0.3, -0.25) is 14.4 Å². The average Bonchev–Trinajstić information content (AvgIpc) is 2.96. The van der Waals surface area contributed by atoms with Crippen LogP contribution in [0.25, 0.3) is 0 Å². The molecule has 2 aliphatic carbocycles. The number of fused-ring (bicyclic) bond motifs is 3. The molecule has 2 aromatic carbocycles. The summed E-state index contributed by atoms with van der Waals surface area (Å²) < 4.78 is 10.1. The van der Waals surface area contributed by atoms with Gasteiger partial charge < -0.3 is 45.8 Å². The van der Waals surface area contributed by atoms with E-state index in [4.69, 9.17) is 25.4 Å². The fraction of sp³-hybridized carbons (Fsp3) is 0.483. The van der Waals surface area contributed by atoms with Crippen LogP contribution < -0.4 is 10.5 Å². The number of aliphatic hydroxyl groups excluding tert-OH is 3. The number of ether oxygens (including phenoxy) is 2. The molecule has 224 valence electrons. The highest BCUT2D eigenvalue weighted by atomic mass is 16.6. The molecule has 8 N–H and O–H groups in total. The smallest absolute Gasteiger partial charge is 0.202 e. The molecule has 12 nitrogen and oxygen atoms in total. The molecule has 0 radical (unpaired) electrons. The van der Waals surface area contributed by atoms with Crippen LogP contribution in [0.1, 0.15) is 76.6 Å². The topological polar surface area (TPSA) is 217 Å². The summed E-state index contributed by atoms with van der Waals surface area (Å²) in [4.78, 5) is 38.2. The molecular formula is C29H37NO11. The highest BCUT2D eigenvalue weighted by molar-refractivity contribution is 6.31. The molecular weight excluding hydrogens is 538 g/mol. The summed E-state index contributed by atoms with van der Waals surface area (Å²) in [6.45, 7) is 4.81. The summed E-state index contributed by atoms with van der Waals surface area (Å²) in [6, 6.07) is 4.11. The van der Waals surface area contributed by atoms with Gasteiger partial charge in [0.2, 0.25) is 5.78 Å². The number of ketones is 3. The van der Waals surface area contributed by atoms with Gasteiger partial charge in [0, 0.05) is 35.6 Å². The van der Waals surface area contributed by atoms with Gasteiger partial charge in [0.15, 0.2) is 17.9 Å². The Kier molecular flexibility index (Phi) is 9.90. The third-order valence-corrected chi connectivity index (χ3v) is 7.52. The van der Waals surface area contributed by atoms with E-state index >= 15 is 0 Å². The number of hydrogen-bond donors (Lipinski definition) is 7. The van der Waals surface area contributed by atoms with Crippen molar-refractivity contribution in [1.29, 1.82) is 0 Å². The van der Waals surface area contributed by atoms with Gasteiger partial charge >= 0.3 is 0 Å². The largest absolute Gasteiger partial charge is 0.507 e. The van der Waals surface area contributed by atoms with E-state index in [0.717, 1.165) is 0 Å². The zero-order valence-electron chi connectivity index (χ0n) is 23.4. The number of rotatable bonds is 3. The van der Waals surface area contributed by atoms with Crippen LogP contribution in [0.2, 0.25) is 0 Å². The number of nitrogens with two attached hydrogens (primary N) is 1. The molecule has 41 heavy (non-hydrogen) atoms. The SMILES string of the molecule is CC.CC1OC(O)CC(N)C1O.COc1cccc2c1C(=O)c1c(O)c3c(c(O)c1C2=O)C[C@@](O)(C(=O)CO)CC3. The zero-order valence-corrected chi connectivity index (χ0v) is 23.4. The normalized spacial score (nSPS) is 26.3. The molecule has 5 atom stereocenters. The van der Waals surface area contributed by atoms with Crippen LogP contribution in [-0.2, 0) is 22.4 Å². The first kappa shape index (κ1) is 32.1. The second-order valence-corrected chi connectivity index (χ2v) is 9.92. The van der Waals surface area contributed by atoms with Gasteiger partial charge in [-0.1, -0.05) is 26.0 Å². The Balaban J connectivity index is 0.000000324. The second kappa shape index (κ2) is 12.6. The number of phenolic OH excluding ortho intramolecular Hbond substituents is 2. The van der Waals surface area contributed by atoms with Crippen molar-refractivity contribution in [3.8, 4) is 17.2 Å². The van der Waals surface area contributed by atoms with E-state index in [1.165, 1.54) is 25.3 Å². The Morgan fingerprint density at radius 3 is 2.27 bits per heavy atom. The van der Waals surface area contributed by atoms with Crippen molar-refractivity contribution in [2.45, 2.75) is 76.6 Å². The molecule has 1 saturated heterocycles. The summed E-state index contributed by atoms with van der Waals surface area (Å²) in [7, 11) is 1.35. The minimum atomic E-state index is -1.93. The predicted molar refractivity (Wildman–Crippen MR) is 145 cm³/mol. The molecule has 1 heterocycles. The molecule has 0 aromatic heterocycles. The molecule has 5 rings (SSSR count). The zero-order chi connectivity index (χ0) is 30.8. The van der Waals surface area contributed by atoms with Crippen molar-refractivity contribution in [3.63, 3.8) is 0 Å². The lowest BCUT2D eigenvalue weighted by atomic mass is 9.73. The third kappa shape index (κ3) is 5.71. The van der Waals surface area contributed by atoms with Gasteiger partial charge in [0.1, 0.15) is 29.5 Å². The van der Waals surface area contributed by atoms with Crippen LogP contribution >= 0.6 is 0 Å². The van der Waals surface area contributed by atoms with E-state index in [1.807, 2.05) is 13.8 Å². The number of carbonyl (C=O) groups is 3. The van der Waals surface area contributed by atoms with Crippen molar-refractivity contribution in [1.82, 2.24) is 0 Å². The van der Waals surface area contributed by atoms with Crippen LogP contribution in [0.4, 0.5) is 0 Å². The highest BCUT2D eigenvalue weighted by Gasteiger charge is 2.45. The Labute approximate surface area is 237 Å². The molecule has 0 bridgehead atoms. The Morgan fingerprint density at radius 1 is 1.07 bits per heavy atom. The van der Waals surface area contributed by atoms with E-state index in [-0.39, 0.29) is 70.5 Å². The van der Waals surface area contributed by atoms with Crippen molar-refractivity contribution in [2.24, 2.45) is 5.73 Å². The van der Waals surface area contributed by atoms with Gasteiger partial charge in [0.25, 0.3) is 0 Å². The van der Waals surface area contributed by atoms with E-state index in [0.29, 0.717) is 6.42 Å². The Bertz CT molecular complexity index is 1330. The maximum Gasteiger partial charge on any atom is 0.202 e. The quantitative estimate of drug-likeness (QED) is 0.212. The standard InChI is InChI=1S/C21H18O8.C6H13NO3.C2H6/c1-29-12-4-2-3-10-14(12)20(27)16-15(18(10)25)19(26)11-7-21(28,13(23)8-22)6-5-9(11)17(16)24;1-3-6(9)4(7)2-5(8)10-3;1-2/h2-4,22,24,26,28H,5-8H2,1H3;3-6,8-9H,2,7H2,1H3;1-2H3/t21-;;/m1../s1. The number of benzene rings is 2. The predicted octanol–water partition coefficient (Wildman–Crippen LogP) is 0.491. The summed E-state index contributed by atoms with van der Waals surface area (Å²) in [5.41, 5.74) is 3.09. The summed E-state index contributed by atoms with van der Waals surface area (Å²) in [5.74, 6) is -2.99. The number of hydrogen-bond acceptors (Lipinski definition) is 12. The number of aromatic hydroxyl groups is 2. The van der Waals surface area contributed by atoms with Gasteiger partial charge in [-0.2, -0.15) is 0 Å². The summed E-state index contributed by atoms with van der Waals surface area (Å²) >= 11 is 0. The molecule has 0 saturated carbocycles. The van der Waals surface area contributed by atoms with Crippen LogP contribution in [0.5, 0.6) is 17.2 Å². The minimum absolute atomic E-state index is 0.00456. The first-order chi connectivity index (χ1) is 19.4. The van der Waals surface area contributed by atoms with Gasteiger partial charge in [0.05, 0.1) is 36.0 Å². The molecule has 12 heteroatoms. The molecule has 1 fully saturated rings. The molecule has 3 aliphatic rings. The Hall–Kier alpha value is -3.39. The van der Waals surface area contributed by atoms with E-state index in [2.05, 4.69) is 0 Å². The number of aliphatic hydroxyl groups is 4. The monoisotopic (exact) mass is 575 g/mol. The van der Waals surface area contributed by atoms with Crippen molar-refractivity contribution in [2.75, 3.05) is 13.7 Å². The fourth-order valence-electron chi connectivity index (χ4n) is 5.31. The van der Waals surface area contributed by atoms with Crippen molar-refractivity contribution in [3.05, 3.63) is 51.6 Å². The molecule has 0 amide bonds. The van der Waals surface area contributed by atoms with E-state index in [1.54, 1.807) is 6.92 Å². The Morgan fingerprint density at radius 2 is 1.68 bits per heavy atom. The first-order valence-electron chi connectivity index (χ1n) is 13.4. The summed E-state index contributed by atoms with van der Waals surface area (Å²) in [6.07, 6.45) is -2.03. The van der Waals surface area contributed by atoms with Gasteiger partial charge in [-0.25, -0.2) is 0 Å². The van der Waals surface area contributed by atoms with Gasteiger partial charge in [-0.05, 0) is 25.8 Å². The number of phenols is 2.